The maximum absolute atomic E-state index is 11.9. The molecule has 2 unspecified atom stereocenters. The Hall–Kier alpha value is -0.750. The Morgan fingerprint density at radius 3 is 2.81 bits per heavy atom. The number of hydrogen-bond acceptors (Lipinski definition) is 4. The largest absolute Gasteiger partial charge is 0.479 e. The molecule has 16 heavy (non-hydrogen) atoms. The molecule has 0 spiro atoms. The molecule has 0 saturated carbocycles. The normalized spacial score (nSPS) is 33.9. The summed E-state index contributed by atoms with van der Waals surface area (Å²) >= 11 is 1.60. The number of carbonyl (C=O) groups is 2. The van der Waals surface area contributed by atoms with Crippen molar-refractivity contribution in [3.8, 4) is 0 Å². The van der Waals surface area contributed by atoms with Crippen LogP contribution in [0, 0.1) is 0 Å². The van der Waals surface area contributed by atoms with Crippen LogP contribution in [0.4, 0.5) is 0 Å². The minimum atomic E-state index is -1.19. The summed E-state index contributed by atoms with van der Waals surface area (Å²) in [4.78, 5) is 23.0. The number of carboxylic acid groups (broad SMARTS) is 1. The summed E-state index contributed by atoms with van der Waals surface area (Å²) in [5, 5.41) is 11.7. The van der Waals surface area contributed by atoms with Gasteiger partial charge in [-0.15, -0.1) is 11.8 Å². The fraction of sp³-hybridized carbons (Fsp3) is 0.800. The first-order valence-corrected chi connectivity index (χ1v) is 6.44. The number of thioether (sulfide) groups is 1. The van der Waals surface area contributed by atoms with Gasteiger partial charge in [-0.05, 0) is 18.6 Å². The van der Waals surface area contributed by atoms with Crippen LogP contribution in [0.5, 0.6) is 0 Å². The average molecular weight is 245 g/mol. The topological polar surface area (TPSA) is 75.6 Å². The van der Waals surface area contributed by atoms with Gasteiger partial charge in [-0.3, -0.25) is 4.79 Å². The van der Waals surface area contributed by atoms with Crippen LogP contribution in [0.3, 0.4) is 0 Å². The van der Waals surface area contributed by atoms with E-state index in [9.17, 15) is 9.59 Å². The third-order valence-corrected chi connectivity index (χ3v) is 4.39. The third kappa shape index (κ3) is 2.17. The van der Waals surface area contributed by atoms with Crippen LogP contribution in [0.1, 0.15) is 19.3 Å². The number of ether oxygens (including phenoxy) is 1. The molecule has 2 N–H and O–H groups in total. The lowest BCUT2D eigenvalue weighted by atomic mass is 9.98. The number of rotatable bonds is 3. The molecule has 2 aliphatic rings. The number of carboxylic acids is 1. The zero-order valence-corrected chi connectivity index (χ0v) is 9.72. The van der Waals surface area contributed by atoms with E-state index in [0.717, 1.165) is 18.6 Å². The van der Waals surface area contributed by atoms with Gasteiger partial charge in [0.05, 0.1) is 11.9 Å². The summed E-state index contributed by atoms with van der Waals surface area (Å²) < 4.78 is 5.08. The van der Waals surface area contributed by atoms with Crippen molar-refractivity contribution in [3.05, 3.63) is 0 Å². The van der Waals surface area contributed by atoms with E-state index in [-0.39, 0.29) is 17.8 Å². The van der Waals surface area contributed by atoms with Crippen molar-refractivity contribution in [3.63, 3.8) is 0 Å². The van der Waals surface area contributed by atoms with E-state index in [4.69, 9.17) is 9.84 Å². The highest BCUT2D eigenvalue weighted by Crippen LogP contribution is 2.28. The van der Waals surface area contributed by atoms with Gasteiger partial charge in [0.25, 0.3) is 0 Å². The number of hydrogen-bond donors (Lipinski definition) is 2. The second-order valence-electron chi connectivity index (χ2n) is 4.18. The number of carbonyl (C=O) groups excluding carboxylic acids is 1. The van der Waals surface area contributed by atoms with Crippen molar-refractivity contribution < 1.29 is 19.4 Å². The first kappa shape index (κ1) is 11.7. The first-order chi connectivity index (χ1) is 7.64. The van der Waals surface area contributed by atoms with Crippen molar-refractivity contribution in [1.82, 2.24) is 5.32 Å². The van der Waals surface area contributed by atoms with E-state index in [2.05, 4.69) is 5.32 Å². The highest BCUT2D eigenvalue weighted by molar-refractivity contribution is 8.00. The second-order valence-corrected chi connectivity index (χ2v) is 5.49. The van der Waals surface area contributed by atoms with E-state index in [0.29, 0.717) is 13.0 Å². The van der Waals surface area contributed by atoms with Gasteiger partial charge in [0.1, 0.15) is 0 Å². The Labute approximate surface area is 97.9 Å². The SMILES string of the molecule is O=C(NC1(C(=O)O)CCOC1)C1CCCS1. The molecule has 2 fully saturated rings. The van der Waals surface area contributed by atoms with Gasteiger partial charge in [-0.25, -0.2) is 4.79 Å². The molecule has 6 heteroatoms. The van der Waals surface area contributed by atoms with Crippen molar-refractivity contribution in [1.29, 1.82) is 0 Å². The summed E-state index contributed by atoms with van der Waals surface area (Å²) in [7, 11) is 0. The van der Waals surface area contributed by atoms with Gasteiger partial charge in [0.2, 0.25) is 5.91 Å². The molecule has 1 amide bonds. The predicted octanol–water partition coefficient (Wildman–Crippen LogP) is 0.242. The quantitative estimate of drug-likeness (QED) is 0.745. The number of nitrogens with one attached hydrogen (secondary N) is 1. The van der Waals surface area contributed by atoms with Crippen molar-refractivity contribution in [2.75, 3.05) is 19.0 Å². The van der Waals surface area contributed by atoms with Gasteiger partial charge in [0, 0.05) is 13.0 Å². The van der Waals surface area contributed by atoms with Gasteiger partial charge >= 0.3 is 5.97 Å². The summed E-state index contributed by atoms with van der Waals surface area (Å²) in [6.45, 7) is 0.468. The summed E-state index contributed by atoms with van der Waals surface area (Å²) in [6, 6.07) is 0. The van der Waals surface area contributed by atoms with E-state index in [1.807, 2.05) is 0 Å². The maximum Gasteiger partial charge on any atom is 0.331 e. The molecular formula is C10H15NO4S. The number of aliphatic carboxylic acids is 1. The highest BCUT2D eigenvalue weighted by Gasteiger charge is 2.45. The molecule has 2 aliphatic heterocycles. The minimum absolute atomic E-state index is 0.0749. The fourth-order valence-corrected chi connectivity index (χ4v) is 3.15. The molecule has 0 aliphatic carbocycles. The Morgan fingerprint density at radius 2 is 2.31 bits per heavy atom. The Kier molecular flexibility index (Phi) is 3.39. The zero-order valence-electron chi connectivity index (χ0n) is 8.90. The molecule has 2 heterocycles. The molecular weight excluding hydrogens is 230 g/mol. The Balaban J connectivity index is 2.00. The lowest BCUT2D eigenvalue weighted by Gasteiger charge is -2.25. The molecule has 90 valence electrons. The zero-order chi connectivity index (χ0) is 11.6. The minimum Gasteiger partial charge on any atom is -0.479 e. The lowest BCUT2D eigenvalue weighted by molar-refractivity contribution is -0.147. The van der Waals surface area contributed by atoms with E-state index >= 15 is 0 Å². The lowest BCUT2D eigenvalue weighted by Crippen LogP contribution is -2.56. The van der Waals surface area contributed by atoms with Crippen molar-refractivity contribution >= 4 is 23.6 Å². The van der Waals surface area contributed by atoms with Crippen molar-refractivity contribution in [2.24, 2.45) is 0 Å². The molecule has 2 atom stereocenters. The van der Waals surface area contributed by atoms with Crippen LogP contribution in [0.2, 0.25) is 0 Å². The second kappa shape index (κ2) is 4.63. The van der Waals surface area contributed by atoms with Gasteiger partial charge in [-0.1, -0.05) is 0 Å². The summed E-state index contributed by atoms with van der Waals surface area (Å²) in [5.41, 5.74) is -1.19. The van der Waals surface area contributed by atoms with Crippen molar-refractivity contribution in [2.45, 2.75) is 30.1 Å². The first-order valence-electron chi connectivity index (χ1n) is 5.39. The fourth-order valence-electron chi connectivity index (χ4n) is 1.99. The molecule has 0 aromatic carbocycles. The smallest absolute Gasteiger partial charge is 0.331 e. The van der Waals surface area contributed by atoms with Gasteiger partial charge < -0.3 is 15.2 Å². The molecule has 0 aromatic rings. The van der Waals surface area contributed by atoms with Crippen LogP contribution < -0.4 is 5.32 Å². The molecule has 5 nitrogen and oxygen atoms in total. The molecule has 2 saturated heterocycles. The molecule has 2 rings (SSSR count). The van der Waals surface area contributed by atoms with Crippen LogP contribution in [-0.2, 0) is 14.3 Å². The molecule has 0 bridgehead atoms. The summed E-state index contributed by atoms with van der Waals surface area (Å²) in [6.07, 6.45) is 2.22. The van der Waals surface area contributed by atoms with Crippen LogP contribution in [0.15, 0.2) is 0 Å². The van der Waals surface area contributed by atoms with Crippen LogP contribution in [0.25, 0.3) is 0 Å². The molecule has 0 aromatic heterocycles. The number of amides is 1. The van der Waals surface area contributed by atoms with Crippen LogP contribution in [-0.4, -0.2) is 46.7 Å². The Bertz CT molecular complexity index is 295. The third-order valence-electron chi connectivity index (χ3n) is 3.02. The standard InChI is InChI=1S/C10H15NO4S/c12-8(7-2-1-5-16-7)11-10(9(13)14)3-4-15-6-10/h7H,1-6H2,(H,11,12)(H,13,14). The molecule has 0 radical (unpaired) electrons. The monoisotopic (exact) mass is 245 g/mol. The van der Waals surface area contributed by atoms with Gasteiger partial charge in [0.15, 0.2) is 5.54 Å². The average Bonchev–Trinajstić information content (AvgIpc) is 2.88. The maximum atomic E-state index is 11.9. The van der Waals surface area contributed by atoms with Crippen LogP contribution >= 0.6 is 11.8 Å². The highest BCUT2D eigenvalue weighted by atomic mass is 32.2. The summed E-state index contributed by atoms with van der Waals surface area (Å²) in [5.74, 6) is -0.175. The Morgan fingerprint density at radius 1 is 1.50 bits per heavy atom. The van der Waals surface area contributed by atoms with E-state index < -0.39 is 11.5 Å². The van der Waals surface area contributed by atoms with Gasteiger partial charge in [-0.2, -0.15) is 0 Å². The van der Waals surface area contributed by atoms with E-state index in [1.165, 1.54) is 0 Å². The predicted molar refractivity (Wildman–Crippen MR) is 59.4 cm³/mol. The van der Waals surface area contributed by atoms with E-state index in [1.54, 1.807) is 11.8 Å².